The predicted octanol–water partition coefficient (Wildman–Crippen LogP) is 4.46. The first-order chi connectivity index (χ1) is 10.4. The highest BCUT2D eigenvalue weighted by molar-refractivity contribution is 5.77. The molecule has 97 valence electrons. The second kappa shape index (κ2) is 4.96. The van der Waals surface area contributed by atoms with Gasteiger partial charge >= 0.3 is 0 Å². The van der Waals surface area contributed by atoms with Crippen LogP contribution in [0.4, 0.5) is 0 Å². The van der Waals surface area contributed by atoms with Gasteiger partial charge in [0.15, 0.2) is 0 Å². The van der Waals surface area contributed by atoms with Crippen molar-refractivity contribution in [1.29, 1.82) is 0 Å². The number of hydrogen-bond acceptors (Lipinski definition) is 0. The van der Waals surface area contributed by atoms with Crippen molar-refractivity contribution in [1.82, 2.24) is 0 Å². The lowest BCUT2D eigenvalue weighted by Crippen LogP contribution is -1.84. The number of fused-ring (bicyclic) bond motifs is 3. The summed E-state index contributed by atoms with van der Waals surface area (Å²) in [5.74, 6) is 6.40. The Labute approximate surface area is 125 Å². The molecule has 1 aliphatic rings. The summed E-state index contributed by atoms with van der Waals surface area (Å²) in [5.41, 5.74) is 7.29. The van der Waals surface area contributed by atoms with E-state index in [2.05, 4.69) is 54.3 Å². The predicted molar refractivity (Wildman–Crippen MR) is 85.9 cm³/mol. The van der Waals surface area contributed by atoms with E-state index in [0.717, 1.165) is 17.5 Å². The highest BCUT2D eigenvalue weighted by atomic mass is 14.2. The summed E-state index contributed by atoms with van der Waals surface area (Å²) in [6.07, 6.45) is 0.965. The van der Waals surface area contributed by atoms with E-state index in [-0.39, 0.29) is 0 Å². The van der Waals surface area contributed by atoms with Gasteiger partial charge in [0.1, 0.15) is 0 Å². The minimum absolute atomic E-state index is 0.963. The van der Waals surface area contributed by atoms with Gasteiger partial charge in [-0.05, 0) is 46.9 Å². The summed E-state index contributed by atoms with van der Waals surface area (Å²) in [4.78, 5) is 0. The molecule has 0 heteroatoms. The standard InChI is InChI=1S/C21H13/c1-2-6-16(7-3-1)10-11-17-12-13-21-19(14-17)15-18-8-4-5-9-20(18)21/h1-9,12-13H,15H2. The van der Waals surface area contributed by atoms with E-state index in [1.165, 1.54) is 22.3 Å². The molecule has 3 aromatic rings. The van der Waals surface area contributed by atoms with Crippen molar-refractivity contribution in [3.8, 4) is 23.0 Å². The Balaban J connectivity index is 1.70. The average Bonchev–Trinajstić information content (AvgIpc) is 2.91. The Morgan fingerprint density at radius 1 is 0.714 bits per heavy atom. The smallest absolute Gasteiger partial charge is 0.0331 e. The van der Waals surface area contributed by atoms with Crippen molar-refractivity contribution in [2.24, 2.45) is 0 Å². The second-order valence-corrected chi connectivity index (χ2v) is 5.21. The molecule has 0 bridgehead atoms. The van der Waals surface area contributed by atoms with Gasteiger partial charge < -0.3 is 0 Å². The molecule has 1 aliphatic carbocycles. The molecule has 21 heavy (non-hydrogen) atoms. The van der Waals surface area contributed by atoms with Crippen LogP contribution in [0.1, 0.15) is 22.3 Å². The van der Waals surface area contributed by atoms with Gasteiger partial charge in [0.25, 0.3) is 0 Å². The first kappa shape index (κ1) is 12.0. The summed E-state index contributed by atoms with van der Waals surface area (Å²) in [5, 5.41) is 0. The number of rotatable bonds is 0. The van der Waals surface area contributed by atoms with Crippen LogP contribution in [0.3, 0.4) is 0 Å². The van der Waals surface area contributed by atoms with Crippen molar-refractivity contribution in [2.75, 3.05) is 0 Å². The molecule has 1 radical (unpaired) electrons. The Morgan fingerprint density at radius 3 is 2.43 bits per heavy atom. The highest BCUT2D eigenvalue weighted by Crippen LogP contribution is 2.36. The zero-order valence-corrected chi connectivity index (χ0v) is 11.6. The van der Waals surface area contributed by atoms with Crippen molar-refractivity contribution in [2.45, 2.75) is 6.42 Å². The van der Waals surface area contributed by atoms with Crippen LogP contribution in [0, 0.1) is 17.9 Å². The van der Waals surface area contributed by atoms with Crippen molar-refractivity contribution in [3.05, 3.63) is 95.1 Å². The van der Waals surface area contributed by atoms with E-state index < -0.39 is 0 Å². The molecular formula is C21H13. The molecule has 0 unspecified atom stereocenters. The van der Waals surface area contributed by atoms with Crippen molar-refractivity contribution < 1.29 is 0 Å². The maximum atomic E-state index is 3.47. The molecule has 0 aromatic heterocycles. The van der Waals surface area contributed by atoms with Crippen LogP contribution >= 0.6 is 0 Å². The van der Waals surface area contributed by atoms with Gasteiger partial charge in [-0.1, -0.05) is 60.4 Å². The Morgan fingerprint density at radius 2 is 1.52 bits per heavy atom. The number of hydrogen-bond donors (Lipinski definition) is 0. The van der Waals surface area contributed by atoms with Gasteiger partial charge in [-0.15, -0.1) is 0 Å². The molecule has 0 aliphatic heterocycles. The van der Waals surface area contributed by atoms with E-state index in [0.29, 0.717) is 0 Å². The lowest BCUT2D eigenvalue weighted by atomic mass is 10.0. The van der Waals surface area contributed by atoms with Crippen LogP contribution in [0.5, 0.6) is 0 Å². The van der Waals surface area contributed by atoms with Gasteiger partial charge in [-0.2, -0.15) is 0 Å². The zero-order valence-electron chi connectivity index (χ0n) is 11.6. The molecule has 0 amide bonds. The fourth-order valence-electron chi connectivity index (χ4n) is 2.79. The third-order valence-electron chi connectivity index (χ3n) is 3.82. The van der Waals surface area contributed by atoms with E-state index in [1.54, 1.807) is 0 Å². The van der Waals surface area contributed by atoms with Gasteiger partial charge in [-0.3, -0.25) is 0 Å². The van der Waals surface area contributed by atoms with Crippen LogP contribution in [-0.2, 0) is 6.42 Å². The Hall–Kier alpha value is -2.78. The lowest BCUT2D eigenvalue weighted by molar-refractivity contribution is 1.25. The lowest BCUT2D eigenvalue weighted by Gasteiger charge is -2.00. The summed E-state index contributed by atoms with van der Waals surface area (Å²) in [6, 6.07) is 26.3. The third kappa shape index (κ3) is 2.24. The molecule has 0 nitrogen and oxygen atoms in total. The summed E-state index contributed by atoms with van der Waals surface area (Å²) in [6.45, 7) is 0. The summed E-state index contributed by atoms with van der Waals surface area (Å²) < 4.78 is 0. The molecule has 0 fully saturated rings. The first-order valence-corrected chi connectivity index (χ1v) is 7.11. The van der Waals surface area contributed by atoms with E-state index in [9.17, 15) is 0 Å². The quantitative estimate of drug-likeness (QED) is 0.412. The summed E-state index contributed by atoms with van der Waals surface area (Å²) >= 11 is 0. The molecule has 0 saturated heterocycles. The van der Waals surface area contributed by atoms with Crippen LogP contribution < -0.4 is 0 Å². The van der Waals surface area contributed by atoms with Gasteiger partial charge in [0.05, 0.1) is 0 Å². The zero-order chi connectivity index (χ0) is 14.1. The van der Waals surface area contributed by atoms with Crippen molar-refractivity contribution >= 4 is 0 Å². The SMILES string of the molecule is C(#Cc1ccccc1)c1[c]c2c(cc1)-c1ccccc1C2. The molecule has 0 heterocycles. The van der Waals surface area contributed by atoms with Crippen LogP contribution in [0.25, 0.3) is 11.1 Å². The minimum atomic E-state index is 0.963. The Kier molecular flexibility index (Phi) is 2.83. The molecule has 0 N–H and O–H groups in total. The second-order valence-electron chi connectivity index (χ2n) is 5.21. The van der Waals surface area contributed by atoms with E-state index in [1.807, 2.05) is 30.3 Å². The fourth-order valence-corrected chi connectivity index (χ4v) is 2.79. The average molecular weight is 265 g/mol. The Bertz CT molecular complexity index is 861. The van der Waals surface area contributed by atoms with E-state index in [4.69, 9.17) is 0 Å². The molecular weight excluding hydrogens is 252 g/mol. The molecule has 3 aromatic carbocycles. The monoisotopic (exact) mass is 265 g/mol. The third-order valence-corrected chi connectivity index (χ3v) is 3.82. The largest absolute Gasteiger partial charge is 0.0622 e. The topological polar surface area (TPSA) is 0 Å². The molecule has 4 rings (SSSR count). The summed E-state index contributed by atoms with van der Waals surface area (Å²) in [7, 11) is 0. The maximum absolute atomic E-state index is 3.47. The minimum Gasteiger partial charge on any atom is -0.0622 e. The van der Waals surface area contributed by atoms with Gasteiger partial charge in [-0.25, -0.2) is 0 Å². The molecule has 0 atom stereocenters. The van der Waals surface area contributed by atoms with Gasteiger partial charge in [0, 0.05) is 17.2 Å². The normalized spacial score (nSPS) is 11.2. The van der Waals surface area contributed by atoms with Gasteiger partial charge in [0.2, 0.25) is 0 Å². The molecule has 0 spiro atoms. The maximum Gasteiger partial charge on any atom is 0.0331 e. The fraction of sp³-hybridized carbons (Fsp3) is 0.0476. The van der Waals surface area contributed by atoms with Crippen molar-refractivity contribution in [3.63, 3.8) is 0 Å². The highest BCUT2D eigenvalue weighted by Gasteiger charge is 2.17. The number of benzene rings is 3. The molecule has 0 saturated carbocycles. The van der Waals surface area contributed by atoms with Crippen LogP contribution in [-0.4, -0.2) is 0 Å². The van der Waals surface area contributed by atoms with E-state index >= 15 is 0 Å². The van der Waals surface area contributed by atoms with Crippen LogP contribution in [0.15, 0.2) is 66.7 Å². The van der Waals surface area contributed by atoms with Crippen LogP contribution in [0.2, 0.25) is 0 Å². The first-order valence-electron chi connectivity index (χ1n) is 7.11.